The van der Waals surface area contributed by atoms with Crippen LogP contribution in [0.2, 0.25) is 0 Å². The van der Waals surface area contributed by atoms with Crippen LogP contribution in [0.3, 0.4) is 0 Å². The van der Waals surface area contributed by atoms with Crippen molar-refractivity contribution in [1.82, 2.24) is 5.32 Å². The number of hydrogen-bond acceptors (Lipinski definition) is 5. The Morgan fingerprint density at radius 1 is 1.37 bits per heavy atom. The van der Waals surface area contributed by atoms with Crippen molar-refractivity contribution in [2.45, 2.75) is 39.3 Å². The van der Waals surface area contributed by atoms with Gasteiger partial charge in [-0.05, 0) is 26.8 Å². The molecule has 1 N–H and O–H groups in total. The molecule has 19 heavy (non-hydrogen) atoms. The highest BCUT2D eigenvalue weighted by Crippen LogP contribution is 2.08. The summed E-state index contributed by atoms with van der Waals surface area (Å²) in [6.45, 7) is 7.24. The van der Waals surface area contributed by atoms with Crippen LogP contribution in [0.25, 0.3) is 0 Å². The molecule has 0 saturated heterocycles. The number of carbonyl (C=O) groups is 2. The van der Waals surface area contributed by atoms with Crippen LogP contribution in [0, 0.1) is 12.3 Å². The van der Waals surface area contributed by atoms with E-state index in [1.807, 2.05) is 0 Å². The van der Waals surface area contributed by atoms with Gasteiger partial charge in [0.1, 0.15) is 12.2 Å². The van der Waals surface area contributed by atoms with E-state index in [1.54, 1.807) is 32.9 Å². The monoisotopic (exact) mass is 267 g/mol. The summed E-state index contributed by atoms with van der Waals surface area (Å²) in [6.07, 6.45) is 8.65. The molecular weight excluding hydrogens is 246 g/mol. The molecule has 0 aliphatic heterocycles. The summed E-state index contributed by atoms with van der Waals surface area (Å²) < 4.78 is 9.87. The highest BCUT2D eigenvalue weighted by Gasteiger charge is 2.22. The number of esters is 2. The summed E-state index contributed by atoms with van der Waals surface area (Å²) in [5.74, 6) is 1.51. The molecule has 106 valence electrons. The first-order valence-corrected chi connectivity index (χ1v) is 5.97. The zero-order valence-corrected chi connectivity index (χ0v) is 11.9. The number of nitrogens with one attached hydrogen (secondary N) is 1. The van der Waals surface area contributed by atoms with Gasteiger partial charge >= 0.3 is 11.9 Å². The molecule has 0 bridgehead atoms. The second-order valence-corrected chi connectivity index (χ2v) is 4.82. The molecule has 5 heteroatoms. The highest BCUT2D eigenvalue weighted by atomic mass is 16.6. The average molecular weight is 267 g/mol. The molecule has 0 fully saturated rings. The molecule has 0 aliphatic rings. The van der Waals surface area contributed by atoms with Crippen LogP contribution in [0.15, 0.2) is 12.2 Å². The van der Waals surface area contributed by atoms with E-state index in [1.165, 1.54) is 6.92 Å². The molecule has 0 radical (unpaired) electrons. The van der Waals surface area contributed by atoms with Gasteiger partial charge in [0, 0.05) is 13.5 Å². The maximum Gasteiger partial charge on any atom is 0.336 e. The fourth-order valence-electron chi connectivity index (χ4n) is 1.07. The van der Waals surface area contributed by atoms with Crippen LogP contribution >= 0.6 is 0 Å². The lowest BCUT2D eigenvalue weighted by molar-refractivity contribution is -0.155. The molecular formula is C14H21NO4. The molecule has 0 aromatic heterocycles. The van der Waals surface area contributed by atoms with Gasteiger partial charge in [-0.3, -0.25) is 10.1 Å². The van der Waals surface area contributed by atoms with Crippen LogP contribution in [0.5, 0.6) is 0 Å². The van der Waals surface area contributed by atoms with Crippen molar-refractivity contribution >= 4 is 11.9 Å². The Morgan fingerprint density at radius 3 is 2.47 bits per heavy atom. The van der Waals surface area contributed by atoms with Crippen molar-refractivity contribution in [3.05, 3.63) is 12.2 Å². The maximum absolute atomic E-state index is 11.7. The van der Waals surface area contributed by atoms with E-state index in [9.17, 15) is 9.59 Å². The summed E-state index contributed by atoms with van der Waals surface area (Å²) in [5.41, 5.74) is -0.570. The second-order valence-electron chi connectivity index (χ2n) is 4.82. The minimum Gasteiger partial charge on any atom is -0.462 e. The van der Waals surface area contributed by atoms with E-state index in [4.69, 9.17) is 15.9 Å². The van der Waals surface area contributed by atoms with Crippen LogP contribution in [-0.2, 0) is 19.1 Å². The van der Waals surface area contributed by atoms with E-state index in [-0.39, 0.29) is 12.6 Å². The van der Waals surface area contributed by atoms with Gasteiger partial charge in [0.05, 0.1) is 0 Å². The van der Waals surface area contributed by atoms with Crippen molar-refractivity contribution in [3.63, 3.8) is 0 Å². The Kier molecular flexibility index (Phi) is 7.54. The molecule has 0 aromatic rings. The molecule has 1 unspecified atom stereocenters. The Labute approximate surface area is 114 Å². The van der Waals surface area contributed by atoms with Crippen molar-refractivity contribution in [3.8, 4) is 12.3 Å². The molecule has 0 aliphatic carbocycles. The first-order valence-electron chi connectivity index (χ1n) is 5.97. The molecule has 0 spiro atoms. The van der Waals surface area contributed by atoms with Crippen molar-refractivity contribution < 1.29 is 19.1 Å². The molecule has 1 atom stereocenters. The van der Waals surface area contributed by atoms with E-state index in [2.05, 4.69) is 11.2 Å². The minimum absolute atomic E-state index is 0.199. The van der Waals surface area contributed by atoms with E-state index >= 15 is 0 Å². The third-order valence-electron chi connectivity index (χ3n) is 1.80. The largest absolute Gasteiger partial charge is 0.462 e. The Morgan fingerprint density at radius 2 is 2.00 bits per heavy atom. The minimum atomic E-state index is -0.794. The molecule has 0 saturated carbocycles. The number of carbonyl (C=O) groups excluding carboxylic acids is 2. The quantitative estimate of drug-likeness (QED) is 0.442. The average Bonchev–Trinajstić information content (AvgIpc) is 2.25. The zero-order chi connectivity index (χ0) is 14.9. The lowest BCUT2D eigenvalue weighted by Gasteiger charge is -2.22. The van der Waals surface area contributed by atoms with Crippen LogP contribution < -0.4 is 5.32 Å². The van der Waals surface area contributed by atoms with Crippen LogP contribution in [0.4, 0.5) is 0 Å². The number of hydrogen-bond donors (Lipinski definition) is 1. The smallest absolute Gasteiger partial charge is 0.336 e. The van der Waals surface area contributed by atoms with Crippen molar-refractivity contribution in [2.24, 2.45) is 0 Å². The molecule has 0 aromatic carbocycles. The molecule has 0 rings (SSSR count). The molecule has 5 nitrogen and oxygen atoms in total. The predicted octanol–water partition coefficient (Wildman–Crippen LogP) is 1.04. The summed E-state index contributed by atoms with van der Waals surface area (Å²) >= 11 is 0. The summed E-state index contributed by atoms with van der Waals surface area (Å²) in [5, 5.41) is 2.84. The van der Waals surface area contributed by atoms with Gasteiger partial charge in [-0.2, -0.15) is 0 Å². The molecule has 0 heterocycles. The van der Waals surface area contributed by atoms with Gasteiger partial charge in [0.2, 0.25) is 0 Å². The van der Waals surface area contributed by atoms with Crippen LogP contribution in [-0.4, -0.2) is 36.7 Å². The second kappa shape index (κ2) is 8.33. The van der Waals surface area contributed by atoms with Gasteiger partial charge in [-0.1, -0.05) is 12.0 Å². The Hall–Kier alpha value is -1.80. The van der Waals surface area contributed by atoms with E-state index in [0.717, 1.165) is 0 Å². The summed E-state index contributed by atoms with van der Waals surface area (Å²) in [7, 11) is 0. The third-order valence-corrected chi connectivity index (χ3v) is 1.80. The van der Waals surface area contributed by atoms with Gasteiger partial charge < -0.3 is 9.47 Å². The van der Waals surface area contributed by atoms with Gasteiger partial charge in [-0.25, -0.2) is 4.79 Å². The van der Waals surface area contributed by atoms with Gasteiger partial charge in [0.25, 0.3) is 0 Å². The van der Waals surface area contributed by atoms with Gasteiger partial charge in [-0.15, -0.1) is 6.42 Å². The number of rotatable bonds is 6. The van der Waals surface area contributed by atoms with Crippen molar-refractivity contribution in [1.29, 1.82) is 0 Å². The topological polar surface area (TPSA) is 64.6 Å². The molecule has 0 amide bonds. The first kappa shape index (κ1) is 17.2. The van der Waals surface area contributed by atoms with Gasteiger partial charge in [0.15, 0.2) is 6.04 Å². The fourth-order valence-corrected chi connectivity index (χ4v) is 1.07. The third kappa shape index (κ3) is 9.86. The maximum atomic E-state index is 11.7. The Balaban J connectivity index is 4.05. The Bertz CT molecular complexity index is 374. The fraction of sp³-hybridized carbons (Fsp3) is 0.571. The zero-order valence-electron chi connectivity index (χ0n) is 11.9. The lowest BCUT2D eigenvalue weighted by Crippen LogP contribution is -2.40. The van der Waals surface area contributed by atoms with Crippen molar-refractivity contribution in [2.75, 3.05) is 13.2 Å². The SMILES string of the molecule is C#CC(NCC=CCOC(C)=O)C(=O)OC(C)(C)C. The van der Waals surface area contributed by atoms with E-state index in [0.29, 0.717) is 6.54 Å². The number of ether oxygens (including phenoxy) is 2. The number of terminal acetylenes is 1. The highest BCUT2D eigenvalue weighted by molar-refractivity contribution is 5.79. The predicted molar refractivity (Wildman–Crippen MR) is 72.2 cm³/mol. The summed E-state index contributed by atoms with van der Waals surface area (Å²) in [6, 6.07) is -0.794. The van der Waals surface area contributed by atoms with Crippen LogP contribution in [0.1, 0.15) is 27.7 Å². The summed E-state index contributed by atoms with van der Waals surface area (Å²) in [4.78, 5) is 22.2. The van der Waals surface area contributed by atoms with E-state index < -0.39 is 17.6 Å². The standard InChI is InChI=1S/C14H21NO4/c1-6-12(13(17)19-14(3,4)5)15-9-7-8-10-18-11(2)16/h1,7-8,12,15H,9-10H2,2-5H3. The lowest BCUT2D eigenvalue weighted by atomic mass is 10.2. The normalized spacial score (nSPS) is 12.8. The first-order chi connectivity index (χ1) is 8.76.